The van der Waals surface area contributed by atoms with E-state index < -0.39 is 0 Å². The molecule has 0 aliphatic heterocycles. The van der Waals surface area contributed by atoms with Gasteiger partial charge in [-0.1, -0.05) is 48.5 Å². The van der Waals surface area contributed by atoms with Crippen LogP contribution in [0.5, 0.6) is 0 Å². The summed E-state index contributed by atoms with van der Waals surface area (Å²) in [6, 6.07) is 24.7. The molecule has 4 heteroatoms. The van der Waals surface area contributed by atoms with Gasteiger partial charge in [0.05, 0.1) is 44.8 Å². The van der Waals surface area contributed by atoms with Crippen LogP contribution in [-0.2, 0) is 0 Å². The van der Waals surface area contributed by atoms with Crippen LogP contribution in [-0.4, -0.2) is 19.9 Å². The summed E-state index contributed by atoms with van der Waals surface area (Å²) in [6.45, 7) is 8.04. The zero-order chi connectivity index (χ0) is 22.2. The number of rotatable bonds is 0. The molecule has 0 saturated carbocycles. The summed E-state index contributed by atoms with van der Waals surface area (Å²) in [5, 5.41) is 4.29. The van der Waals surface area contributed by atoms with Crippen molar-refractivity contribution >= 4 is 43.6 Å². The van der Waals surface area contributed by atoms with Crippen molar-refractivity contribution in [1.82, 2.24) is 19.9 Å². The molecule has 1 heterocycles. The first-order chi connectivity index (χ1) is 15.5. The van der Waals surface area contributed by atoms with E-state index in [1.165, 1.54) is 0 Å². The Morgan fingerprint density at radius 3 is 0.875 bits per heavy atom. The highest BCUT2D eigenvalue weighted by molar-refractivity contribution is 6.07. The average Bonchev–Trinajstić information content (AvgIpc) is 2.79. The number of hydrogen-bond acceptors (Lipinski definition) is 4. The highest BCUT2D eigenvalue weighted by Gasteiger charge is 2.05. The molecule has 0 spiro atoms. The van der Waals surface area contributed by atoms with E-state index in [-0.39, 0.29) is 0 Å². The molecular weight excluding hydrogens is 392 g/mol. The van der Waals surface area contributed by atoms with Crippen LogP contribution in [0.3, 0.4) is 0 Å². The van der Waals surface area contributed by atoms with E-state index in [1.54, 1.807) is 0 Å². The summed E-state index contributed by atoms with van der Waals surface area (Å²) in [5.74, 6) is 0. The standard InChI is InChI=1S/C28H24N4/c1-17-18(2)30-24-14-6-11-22-12-8-16-26(28(22)24)32-20(4)19(3)31-25-15-7-10-21-9-5-13-23(29-17)27(21)25/h5-16H,1-4H3. The van der Waals surface area contributed by atoms with Gasteiger partial charge in [-0.25, -0.2) is 0 Å². The SMILES string of the molecule is Cc1nc2cccc3cccc(nc(C)c(C)nc4cccc5cccc(nc1C)c54)c32. The van der Waals surface area contributed by atoms with Gasteiger partial charge in [0.1, 0.15) is 0 Å². The van der Waals surface area contributed by atoms with E-state index in [9.17, 15) is 0 Å². The average molecular weight is 417 g/mol. The van der Waals surface area contributed by atoms with Crippen molar-refractivity contribution < 1.29 is 0 Å². The molecule has 5 rings (SSSR count). The van der Waals surface area contributed by atoms with Crippen molar-refractivity contribution in [3.63, 3.8) is 0 Å². The minimum Gasteiger partial charge on any atom is -0.251 e. The normalized spacial score (nSPS) is 11.1. The Morgan fingerprint density at radius 1 is 0.375 bits per heavy atom. The lowest BCUT2D eigenvalue weighted by Gasteiger charge is -2.05. The molecule has 0 atom stereocenters. The Hall–Kier alpha value is -3.92. The molecule has 0 N–H and O–H groups in total. The van der Waals surface area contributed by atoms with E-state index in [0.29, 0.717) is 0 Å². The van der Waals surface area contributed by atoms with Gasteiger partial charge in [-0.3, -0.25) is 19.9 Å². The van der Waals surface area contributed by atoms with Gasteiger partial charge >= 0.3 is 0 Å². The van der Waals surface area contributed by atoms with Gasteiger partial charge < -0.3 is 0 Å². The molecule has 32 heavy (non-hydrogen) atoms. The van der Waals surface area contributed by atoms with E-state index >= 15 is 0 Å². The molecule has 4 aromatic carbocycles. The number of hydrogen-bond donors (Lipinski definition) is 0. The van der Waals surface area contributed by atoms with Gasteiger partial charge in [0, 0.05) is 10.8 Å². The molecule has 0 unspecified atom stereocenters. The van der Waals surface area contributed by atoms with Crippen LogP contribution in [0.2, 0.25) is 0 Å². The third-order valence-corrected chi connectivity index (χ3v) is 5.92. The number of aromatic nitrogens is 4. The fraction of sp³-hybridized carbons (Fsp3) is 0.143. The fourth-order valence-electron chi connectivity index (χ4n) is 4.02. The van der Waals surface area contributed by atoms with Crippen LogP contribution in [0.15, 0.2) is 72.8 Å². The van der Waals surface area contributed by atoms with Crippen molar-refractivity contribution in [3.05, 3.63) is 95.6 Å². The molecule has 1 aromatic heterocycles. The zero-order valence-corrected chi connectivity index (χ0v) is 18.7. The second-order valence-corrected chi connectivity index (χ2v) is 8.09. The van der Waals surface area contributed by atoms with Crippen molar-refractivity contribution in [2.75, 3.05) is 0 Å². The molecule has 0 aliphatic rings. The first-order valence-electron chi connectivity index (χ1n) is 10.8. The predicted octanol–water partition coefficient (Wildman–Crippen LogP) is 6.80. The fourth-order valence-corrected chi connectivity index (χ4v) is 4.02. The van der Waals surface area contributed by atoms with Crippen molar-refractivity contribution in [1.29, 1.82) is 0 Å². The van der Waals surface area contributed by atoms with Gasteiger partial charge in [-0.15, -0.1) is 0 Å². The second-order valence-electron chi connectivity index (χ2n) is 8.09. The van der Waals surface area contributed by atoms with Gasteiger partial charge in [0.15, 0.2) is 0 Å². The third-order valence-electron chi connectivity index (χ3n) is 5.92. The van der Waals surface area contributed by atoms with Crippen LogP contribution in [0, 0.1) is 27.7 Å². The van der Waals surface area contributed by atoms with Gasteiger partial charge in [-0.05, 0) is 62.7 Å². The van der Waals surface area contributed by atoms with Gasteiger partial charge in [0.25, 0.3) is 0 Å². The molecule has 0 fully saturated rings. The Kier molecular flexibility index (Phi) is 4.98. The van der Waals surface area contributed by atoms with Crippen LogP contribution in [0.4, 0.5) is 0 Å². The second kappa shape index (κ2) is 7.97. The highest BCUT2D eigenvalue weighted by atomic mass is 14.8. The quantitative estimate of drug-likeness (QED) is 0.278. The Balaban J connectivity index is 2.08. The van der Waals surface area contributed by atoms with E-state index in [2.05, 4.69) is 24.3 Å². The first kappa shape index (κ1) is 20.0. The molecule has 156 valence electrons. The van der Waals surface area contributed by atoms with E-state index in [1.807, 2.05) is 76.2 Å². The van der Waals surface area contributed by atoms with Gasteiger partial charge in [0.2, 0.25) is 0 Å². The number of nitrogens with zero attached hydrogens (tertiary/aromatic N) is 4. The van der Waals surface area contributed by atoms with Crippen molar-refractivity contribution in [2.24, 2.45) is 0 Å². The van der Waals surface area contributed by atoms with E-state index in [4.69, 9.17) is 19.9 Å². The van der Waals surface area contributed by atoms with E-state index in [0.717, 1.165) is 66.4 Å². The molecule has 0 aliphatic carbocycles. The zero-order valence-electron chi connectivity index (χ0n) is 18.7. The summed E-state index contributed by atoms with van der Waals surface area (Å²) in [7, 11) is 0. The van der Waals surface area contributed by atoms with Crippen LogP contribution < -0.4 is 0 Å². The molecule has 4 nitrogen and oxygen atoms in total. The maximum absolute atomic E-state index is 4.98. The van der Waals surface area contributed by atoms with Crippen LogP contribution in [0.25, 0.3) is 43.6 Å². The molecule has 0 amide bonds. The Morgan fingerprint density at radius 2 is 0.625 bits per heavy atom. The Labute approximate surface area is 187 Å². The smallest absolute Gasteiger partial charge is 0.0733 e. The largest absolute Gasteiger partial charge is 0.251 e. The lowest BCUT2D eigenvalue weighted by Crippen LogP contribution is -1.92. The summed E-state index contributed by atoms with van der Waals surface area (Å²) in [5.41, 5.74) is 7.08. The number of aryl methyl sites for hydroxylation is 4. The van der Waals surface area contributed by atoms with Gasteiger partial charge in [-0.2, -0.15) is 0 Å². The van der Waals surface area contributed by atoms with Crippen molar-refractivity contribution in [2.45, 2.75) is 27.7 Å². The summed E-state index contributed by atoms with van der Waals surface area (Å²) < 4.78 is 0. The van der Waals surface area contributed by atoms with Crippen LogP contribution >= 0.6 is 0 Å². The summed E-state index contributed by atoms with van der Waals surface area (Å²) >= 11 is 0. The minimum atomic E-state index is 0.874. The number of benzene rings is 4. The molecule has 0 radical (unpaired) electrons. The molecule has 5 aromatic rings. The molecule has 0 saturated heterocycles. The third kappa shape index (κ3) is 3.54. The summed E-state index contributed by atoms with van der Waals surface area (Å²) in [4.78, 5) is 19.9. The maximum Gasteiger partial charge on any atom is 0.0733 e. The lowest BCUT2D eigenvalue weighted by atomic mass is 10.1. The minimum absolute atomic E-state index is 0.874. The molecule has 0 bridgehead atoms. The first-order valence-corrected chi connectivity index (χ1v) is 10.8. The Bertz CT molecular complexity index is 1380. The van der Waals surface area contributed by atoms with Crippen molar-refractivity contribution in [3.8, 4) is 0 Å². The lowest BCUT2D eigenvalue weighted by molar-refractivity contribution is 1.12. The topological polar surface area (TPSA) is 51.6 Å². The highest BCUT2D eigenvalue weighted by Crippen LogP contribution is 2.24. The predicted molar refractivity (Wildman–Crippen MR) is 133 cm³/mol. The van der Waals surface area contributed by atoms with Crippen LogP contribution in [0.1, 0.15) is 22.8 Å². The monoisotopic (exact) mass is 416 g/mol. The maximum atomic E-state index is 4.98. The molecular formula is C28H24N4. The summed E-state index contributed by atoms with van der Waals surface area (Å²) in [6.07, 6.45) is 0.